The summed E-state index contributed by atoms with van der Waals surface area (Å²) in [4.78, 5) is 12.2. The monoisotopic (exact) mass is 351 g/mol. The van der Waals surface area contributed by atoms with Crippen molar-refractivity contribution in [1.29, 1.82) is 0 Å². The lowest BCUT2D eigenvalue weighted by Crippen LogP contribution is -2.22. The van der Waals surface area contributed by atoms with E-state index in [-0.39, 0.29) is 5.91 Å². The Hall–Kier alpha value is -3.21. The molecule has 1 heterocycles. The fourth-order valence-electron chi connectivity index (χ4n) is 2.64. The predicted molar refractivity (Wildman–Crippen MR) is 98.9 cm³/mol. The van der Waals surface area contributed by atoms with Crippen molar-refractivity contribution in [3.05, 3.63) is 77.2 Å². The first-order valence-electron chi connectivity index (χ1n) is 8.32. The first-order valence-corrected chi connectivity index (χ1v) is 8.32. The zero-order valence-electron chi connectivity index (χ0n) is 15.0. The molecular weight excluding hydrogens is 330 g/mol. The molecular formula is C21H21NO4. The van der Waals surface area contributed by atoms with Gasteiger partial charge < -0.3 is 19.2 Å². The van der Waals surface area contributed by atoms with E-state index in [0.717, 1.165) is 11.3 Å². The van der Waals surface area contributed by atoms with Gasteiger partial charge in [-0.05, 0) is 49.7 Å². The number of hydrogen-bond donors (Lipinski definition) is 1. The van der Waals surface area contributed by atoms with E-state index >= 15 is 0 Å². The summed E-state index contributed by atoms with van der Waals surface area (Å²) in [5, 5.41) is 2.90. The van der Waals surface area contributed by atoms with Crippen molar-refractivity contribution >= 4 is 5.91 Å². The number of benzene rings is 2. The maximum absolute atomic E-state index is 12.2. The summed E-state index contributed by atoms with van der Waals surface area (Å²) in [6, 6.07) is 16.8. The Morgan fingerprint density at radius 1 is 1.04 bits per heavy atom. The van der Waals surface area contributed by atoms with Gasteiger partial charge in [-0.1, -0.05) is 24.3 Å². The maximum Gasteiger partial charge on any atom is 0.255 e. The van der Waals surface area contributed by atoms with E-state index in [9.17, 15) is 4.79 Å². The molecule has 0 aliphatic carbocycles. The highest BCUT2D eigenvalue weighted by Crippen LogP contribution is 2.30. The summed E-state index contributed by atoms with van der Waals surface area (Å²) >= 11 is 0. The average Bonchev–Trinajstić information content (AvgIpc) is 2.99. The number of nitrogens with one attached hydrogen (secondary N) is 1. The molecule has 1 N–H and O–H groups in total. The molecule has 0 unspecified atom stereocenters. The van der Waals surface area contributed by atoms with Crippen LogP contribution in [0.2, 0.25) is 0 Å². The first-order chi connectivity index (χ1) is 12.6. The summed E-state index contributed by atoms with van der Waals surface area (Å²) < 4.78 is 16.5. The molecule has 3 aromatic rings. The lowest BCUT2D eigenvalue weighted by Gasteiger charge is -2.10. The smallest absolute Gasteiger partial charge is 0.255 e. The zero-order valence-corrected chi connectivity index (χ0v) is 15.0. The number of amides is 1. The highest BCUT2D eigenvalue weighted by atomic mass is 16.5. The van der Waals surface area contributed by atoms with Crippen LogP contribution in [0.5, 0.6) is 17.2 Å². The third-order valence-electron chi connectivity index (χ3n) is 3.96. The normalized spacial score (nSPS) is 10.4. The van der Waals surface area contributed by atoms with Gasteiger partial charge in [0.15, 0.2) is 11.5 Å². The second-order valence-corrected chi connectivity index (χ2v) is 5.91. The summed E-state index contributed by atoms with van der Waals surface area (Å²) in [6.45, 7) is 4.04. The summed E-state index contributed by atoms with van der Waals surface area (Å²) in [5.74, 6) is 3.24. The van der Waals surface area contributed by atoms with E-state index in [4.69, 9.17) is 13.9 Å². The van der Waals surface area contributed by atoms with Crippen molar-refractivity contribution in [3.8, 4) is 17.2 Å². The van der Waals surface area contributed by atoms with Crippen LogP contribution in [0.3, 0.4) is 0 Å². The molecule has 0 bridgehead atoms. The summed E-state index contributed by atoms with van der Waals surface area (Å²) in [6.07, 6.45) is 0. The number of carbonyl (C=O) groups excluding carboxylic acids is 1. The van der Waals surface area contributed by atoms with Crippen molar-refractivity contribution in [1.82, 2.24) is 5.32 Å². The fraction of sp³-hybridized carbons (Fsp3) is 0.190. The van der Waals surface area contributed by atoms with Crippen LogP contribution in [0.15, 0.2) is 59.0 Å². The van der Waals surface area contributed by atoms with Gasteiger partial charge in [-0.15, -0.1) is 0 Å². The minimum absolute atomic E-state index is 0.145. The predicted octanol–water partition coefficient (Wildman–Crippen LogP) is 4.63. The third kappa shape index (κ3) is 4.06. The standard InChI is InChI=1S/C21H21NO4/c1-14-12-18(15(2)25-14)21(23)22-13-16-8-10-17(11-9-16)26-20-7-5-4-6-19(20)24-3/h4-12H,13H2,1-3H3,(H,22,23). The highest BCUT2D eigenvalue weighted by Gasteiger charge is 2.13. The fourth-order valence-corrected chi connectivity index (χ4v) is 2.64. The molecule has 0 aliphatic heterocycles. The molecule has 1 amide bonds. The molecule has 5 heteroatoms. The number of methoxy groups -OCH3 is 1. The lowest BCUT2D eigenvalue weighted by molar-refractivity contribution is 0.0949. The minimum atomic E-state index is -0.145. The molecule has 1 aromatic heterocycles. The van der Waals surface area contributed by atoms with Crippen LogP contribution in [0.4, 0.5) is 0 Å². The molecule has 0 aliphatic rings. The van der Waals surface area contributed by atoms with Gasteiger partial charge in [0.25, 0.3) is 5.91 Å². The van der Waals surface area contributed by atoms with Gasteiger partial charge in [0.05, 0.1) is 12.7 Å². The van der Waals surface area contributed by atoms with Gasteiger partial charge in [0.2, 0.25) is 0 Å². The van der Waals surface area contributed by atoms with Gasteiger partial charge in [-0.2, -0.15) is 0 Å². The van der Waals surface area contributed by atoms with Crippen molar-refractivity contribution in [2.24, 2.45) is 0 Å². The van der Waals surface area contributed by atoms with Crippen molar-refractivity contribution < 1.29 is 18.7 Å². The Balaban J connectivity index is 1.61. The van der Waals surface area contributed by atoms with E-state index in [1.54, 1.807) is 20.1 Å². The third-order valence-corrected chi connectivity index (χ3v) is 3.96. The van der Waals surface area contributed by atoms with Gasteiger partial charge in [0, 0.05) is 6.54 Å². The van der Waals surface area contributed by atoms with Gasteiger partial charge in [0.1, 0.15) is 17.3 Å². The number of ether oxygens (including phenoxy) is 2. The molecule has 5 nitrogen and oxygen atoms in total. The number of para-hydroxylation sites is 2. The minimum Gasteiger partial charge on any atom is -0.493 e. The average molecular weight is 351 g/mol. The first kappa shape index (κ1) is 17.6. The number of hydrogen-bond acceptors (Lipinski definition) is 4. The summed E-state index contributed by atoms with van der Waals surface area (Å²) in [5.41, 5.74) is 1.54. The van der Waals surface area contributed by atoms with Gasteiger partial charge >= 0.3 is 0 Å². The Labute approximate surface area is 152 Å². The van der Waals surface area contributed by atoms with E-state index < -0.39 is 0 Å². The summed E-state index contributed by atoms with van der Waals surface area (Å²) in [7, 11) is 1.61. The molecule has 0 saturated carbocycles. The molecule has 0 atom stereocenters. The number of rotatable bonds is 6. The van der Waals surface area contributed by atoms with Crippen LogP contribution in [0, 0.1) is 13.8 Å². The Kier molecular flexibility index (Phi) is 5.27. The van der Waals surface area contributed by atoms with Crippen molar-refractivity contribution in [3.63, 3.8) is 0 Å². The molecule has 0 fully saturated rings. The Morgan fingerprint density at radius 2 is 1.73 bits per heavy atom. The SMILES string of the molecule is COc1ccccc1Oc1ccc(CNC(=O)c2cc(C)oc2C)cc1. The second-order valence-electron chi connectivity index (χ2n) is 5.91. The van der Waals surface area contributed by atoms with E-state index in [0.29, 0.717) is 35.1 Å². The lowest BCUT2D eigenvalue weighted by atomic mass is 10.2. The van der Waals surface area contributed by atoms with E-state index in [2.05, 4.69) is 5.32 Å². The Bertz CT molecular complexity index is 897. The highest BCUT2D eigenvalue weighted by molar-refractivity contribution is 5.95. The molecule has 0 radical (unpaired) electrons. The Morgan fingerprint density at radius 3 is 2.35 bits per heavy atom. The number of carbonyl (C=O) groups is 1. The van der Waals surface area contributed by atoms with Crippen LogP contribution in [-0.4, -0.2) is 13.0 Å². The topological polar surface area (TPSA) is 60.7 Å². The van der Waals surface area contributed by atoms with Crippen LogP contribution in [0.25, 0.3) is 0 Å². The number of aryl methyl sites for hydroxylation is 2. The molecule has 26 heavy (non-hydrogen) atoms. The zero-order chi connectivity index (χ0) is 18.5. The molecule has 3 rings (SSSR count). The van der Waals surface area contributed by atoms with E-state index in [1.165, 1.54) is 0 Å². The van der Waals surface area contributed by atoms with Crippen molar-refractivity contribution in [2.45, 2.75) is 20.4 Å². The number of furan rings is 1. The van der Waals surface area contributed by atoms with Crippen LogP contribution < -0.4 is 14.8 Å². The molecule has 2 aromatic carbocycles. The van der Waals surface area contributed by atoms with Crippen LogP contribution in [-0.2, 0) is 6.54 Å². The second kappa shape index (κ2) is 7.78. The van der Waals surface area contributed by atoms with Gasteiger partial charge in [-0.25, -0.2) is 0 Å². The quantitative estimate of drug-likeness (QED) is 0.703. The molecule has 0 saturated heterocycles. The molecule has 134 valence electrons. The van der Waals surface area contributed by atoms with Crippen molar-refractivity contribution in [2.75, 3.05) is 7.11 Å². The van der Waals surface area contributed by atoms with Crippen LogP contribution >= 0.6 is 0 Å². The largest absolute Gasteiger partial charge is 0.493 e. The van der Waals surface area contributed by atoms with E-state index in [1.807, 2.05) is 55.5 Å². The maximum atomic E-state index is 12.2. The molecule has 0 spiro atoms. The van der Waals surface area contributed by atoms with Gasteiger partial charge in [-0.3, -0.25) is 4.79 Å². The van der Waals surface area contributed by atoms with Crippen LogP contribution in [0.1, 0.15) is 27.4 Å².